The van der Waals surface area contributed by atoms with Crippen LogP contribution < -0.4 is 0 Å². The van der Waals surface area contributed by atoms with Crippen molar-refractivity contribution in [3.63, 3.8) is 0 Å². The number of carbonyl (C=O) groups excluding carboxylic acids is 2. The van der Waals surface area contributed by atoms with E-state index in [1.54, 1.807) is 45.0 Å². The first-order chi connectivity index (χ1) is 13.8. The minimum atomic E-state index is -0.624. The summed E-state index contributed by atoms with van der Waals surface area (Å²) in [5, 5.41) is 4.06. The van der Waals surface area contributed by atoms with E-state index >= 15 is 0 Å². The Hall–Kier alpha value is -2.51. The minimum absolute atomic E-state index is 0.203. The Kier molecular flexibility index (Phi) is 6.82. The maximum absolute atomic E-state index is 12.4. The summed E-state index contributed by atoms with van der Waals surface area (Å²) in [5.41, 5.74) is 1.12. The molecule has 1 fully saturated rings. The fraction of sp³-hybridized carbons (Fsp3) is 0.500. The smallest absolute Gasteiger partial charge is 0.314 e. The van der Waals surface area contributed by atoms with Crippen LogP contribution in [0.3, 0.4) is 0 Å². The van der Waals surface area contributed by atoms with Crippen LogP contribution in [-0.2, 0) is 25.6 Å². The molecule has 7 heteroatoms. The number of Topliss-reactive ketones (excluding diaryl/α,β-unsaturated/α-hetero) is 1. The second-order valence-electron chi connectivity index (χ2n) is 8.05. The Morgan fingerprint density at radius 3 is 2.76 bits per heavy atom. The maximum Gasteiger partial charge on any atom is 0.314 e. The van der Waals surface area contributed by atoms with Crippen LogP contribution in [-0.4, -0.2) is 35.4 Å². The zero-order valence-corrected chi connectivity index (χ0v) is 17.1. The van der Waals surface area contributed by atoms with E-state index in [0.29, 0.717) is 17.0 Å². The van der Waals surface area contributed by atoms with Crippen molar-refractivity contribution in [2.45, 2.75) is 65.0 Å². The number of hydrogen-bond acceptors (Lipinski definition) is 7. The van der Waals surface area contributed by atoms with E-state index in [9.17, 15) is 9.59 Å². The number of rotatable bonds is 7. The largest absolute Gasteiger partial charge is 0.460 e. The zero-order chi connectivity index (χ0) is 20.9. The van der Waals surface area contributed by atoms with Gasteiger partial charge in [-0.15, -0.1) is 0 Å². The van der Waals surface area contributed by atoms with E-state index in [-0.39, 0.29) is 25.1 Å². The van der Waals surface area contributed by atoms with Gasteiger partial charge in [0.05, 0.1) is 0 Å². The van der Waals surface area contributed by atoms with Crippen LogP contribution >= 0.6 is 0 Å². The van der Waals surface area contributed by atoms with Crippen molar-refractivity contribution < 1.29 is 28.3 Å². The Labute approximate surface area is 170 Å². The lowest BCUT2D eigenvalue weighted by Gasteiger charge is -2.21. The molecule has 1 saturated heterocycles. The van der Waals surface area contributed by atoms with Crippen LogP contribution in [0.1, 0.15) is 62.6 Å². The molecular formula is C22H27NO6. The van der Waals surface area contributed by atoms with Crippen molar-refractivity contribution in [2.75, 3.05) is 6.61 Å². The minimum Gasteiger partial charge on any atom is -0.460 e. The molecule has 1 aromatic carbocycles. The Balaban J connectivity index is 1.61. The summed E-state index contributed by atoms with van der Waals surface area (Å²) in [6.45, 7) is 6.29. The number of ether oxygens (including phenoxy) is 3. The van der Waals surface area contributed by atoms with Crippen molar-refractivity contribution in [1.29, 1.82) is 0 Å². The summed E-state index contributed by atoms with van der Waals surface area (Å²) in [6.07, 6.45) is 2.53. The predicted octanol–water partition coefficient (Wildman–Crippen LogP) is 4.30. The highest BCUT2D eigenvalue weighted by molar-refractivity contribution is 6.06. The van der Waals surface area contributed by atoms with Gasteiger partial charge in [-0.3, -0.25) is 9.59 Å². The molecule has 2 aromatic rings. The van der Waals surface area contributed by atoms with E-state index in [2.05, 4.69) is 5.16 Å². The molecule has 156 valence electrons. The van der Waals surface area contributed by atoms with Gasteiger partial charge < -0.3 is 18.7 Å². The second-order valence-corrected chi connectivity index (χ2v) is 8.05. The van der Waals surface area contributed by atoms with Gasteiger partial charge in [-0.2, -0.15) is 0 Å². The van der Waals surface area contributed by atoms with Gasteiger partial charge in [0.25, 0.3) is 0 Å². The first-order valence-electron chi connectivity index (χ1n) is 9.84. The molecule has 0 radical (unpaired) electrons. The third kappa shape index (κ3) is 6.51. The highest BCUT2D eigenvalue weighted by Crippen LogP contribution is 2.23. The number of aromatic nitrogens is 1. The van der Waals surface area contributed by atoms with E-state index in [0.717, 1.165) is 31.4 Å². The molecule has 3 rings (SSSR count). The number of hydrogen-bond donors (Lipinski definition) is 0. The van der Waals surface area contributed by atoms with Crippen molar-refractivity contribution in [2.24, 2.45) is 0 Å². The van der Waals surface area contributed by atoms with E-state index in [1.165, 1.54) is 0 Å². The summed E-state index contributed by atoms with van der Waals surface area (Å²) >= 11 is 0. The quantitative estimate of drug-likeness (QED) is 0.388. The average molecular weight is 401 g/mol. The number of ketones is 1. The van der Waals surface area contributed by atoms with Crippen LogP contribution in [0, 0.1) is 0 Å². The van der Waals surface area contributed by atoms with Gasteiger partial charge in [-0.1, -0.05) is 23.4 Å². The van der Waals surface area contributed by atoms with Gasteiger partial charge in [-0.05, 0) is 46.1 Å². The molecule has 1 aliphatic rings. The van der Waals surface area contributed by atoms with Crippen molar-refractivity contribution in [3.8, 4) is 11.3 Å². The molecule has 2 heterocycles. The predicted molar refractivity (Wildman–Crippen MR) is 105 cm³/mol. The molecule has 1 aliphatic heterocycles. The first kappa shape index (κ1) is 21.2. The Morgan fingerprint density at radius 1 is 1.21 bits per heavy atom. The number of carbonyl (C=O) groups is 2. The third-order valence-electron chi connectivity index (χ3n) is 4.31. The Morgan fingerprint density at radius 2 is 2.03 bits per heavy atom. The summed E-state index contributed by atoms with van der Waals surface area (Å²) in [7, 11) is 0. The normalized spacial score (nSPS) is 17.1. The molecule has 7 nitrogen and oxygen atoms in total. The standard InChI is InChI=1S/C22H27NO6/c1-22(2,3)28-20(25)13-19(24)16-8-6-7-15(11-16)18-12-17(29-23-18)14-27-21-9-4-5-10-26-21/h6-8,11-12,21H,4-5,9-10,13-14H2,1-3H3. The van der Waals surface area contributed by atoms with Gasteiger partial charge in [-0.25, -0.2) is 0 Å². The van der Waals surface area contributed by atoms with Gasteiger partial charge in [0.1, 0.15) is 24.3 Å². The first-order valence-corrected chi connectivity index (χ1v) is 9.84. The number of benzene rings is 1. The summed E-state index contributed by atoms with van der Waals surface area (Å²) in [4.78, 5) is 24.3. The highest BCUT2D eigenvalue weighted by Gasteiger charge is 2.20. The lowest BCUT2D eigenvalue weighted by atomic mass is 10.0. The molecule has 1 aromatic heterocycles. The fourth-order valence-electron chi connectivity index (χ4n) is 3.00. The lowest BCUT2D eigenvalue weighted by molar-refractivity contribution is -0.171. The van der Waals surface area contributed by atoms with Crippen molar-refractivity contribution in [3.05, 3.63) is 41.7 Å². The fourth-order valence-corrected chi connectivity index (χ4v) is 3.00. The van der Waals surface area contributed by atoms with Crippen molar-refractivity contribution in [1.82, 2.24) is 5.16 Å². The van der Waals surface area contributed by atoms with E-state index < -0.39 is 11.6 Å². The molecule has 0 N–H and O–H groups in total. The molecule has 0 spiro atoms. The van der Waals surface area contributed by atoms with Crippen LogP contribution in [0.25, 0.3) is 11.3 Å². The van der Waals surface area contributed by atoms with Crippen LogP contribution in [0.5, 0.6) is 0 Å². The molecule has 0 aliphatic carbocycles. The molecule has 0 saturated carbocycles. The van der Waals surface area contributed by atoms with E-state index in [4.69, 9.17) is 18.7 Å². The molecule has 1 unspecified atom stereocenters. The third-order valence-corrected chi connectivity index (χ3v) is 4.31. The molecular weight excluding hydrogens is 374 g/mol. The highest BCUT2D eigenvalue weighted by atomic mass is 16.7. The Bertz CT molecular complexity index is 845. The van der Waals surface area contributed by atoms with Gasteiger partial charge in [0.15, 0.2) is 17.8 Å². The van der Waals surface area contributed by atoms with Gasteiger partial charge in [0.2, 0.25) is 0 Å². The van der Waals surface area contributed by atoms with Crippen LogP contribution in [0.4, 0.5) is 0 Å². The zero-order valence-electron chi connectivity index (χ0n) is 17.1. The average Bonchev–Trinajstić information content (AvgIpc) is 3.15. The molecule has 29 heavy (non-hydrogen) atoms. The number of esters is 1. The molecule has 0 bridgehead atoms. The van der Waals surface area contributed by atoms with Gasteiger partial charge in [0, 0.05) is 23.8 Å². The SMILES string of the molecule is CC(C)(C)OC(=O)CC(=O)c1cccc(-c2cc(COC3CCCCO3)on2)c1. The monoisotopic (exact) mass is 401 g/mol. The van der Waals surface area contributed by atoms with Crippen molar-refractivity contribution >= 4 is 11.8 Å². The molecule has 1 atom stereocenters. The summed E-state index contributed by atoms with van der Waals surface area (Å²) in [6, 6.07) is 8.72. The van der Waals surface area contributed by atoms with Gasteiger partial charge >= 0.3 is 5.97 Å². The van der Waals surface area contributed by atoms with E-state index in [1.807, 2.05) is 6.07 Å². The summed E-state index contributed by atoms with van der Waals surface area (Å²) in [5.74, 6) is -0.263. The lowest BCUT2D eigenvalue weighted by Crippen LogP contribution is -2.25. The summed E-state index contributed by atoms with van der Waals surface area (Å²) < 4.78 is 21.8. The molecule has 0 amide bonds. The number of nitrogens with zero attached hydrogens (tertiary/aromatic N) is 1. The van der Waals surface area contributed by atoms with Crippen LogP contribution in [0.15, 0.2) is 34.9 Å². The topological polar surface area (TPSA) is 87.9 Å². The second kappa shape index (κ2) is 9.33. The van der Waals surface area contributed by atoms with Crippen LogP contribution in [0.2, 0.25) is 0 Å². The maximum atomic E-state index is 12.4.